The molecule has 1 N–H and O–H groups in total. The SMILES string of the molecule is CC(C)N1CCN(Cc2c(F)cccc2F)C[C@H]1CCO. The number of aliphatic hydroxyl groups is 1. The van der Waals surface area contributed by atoms with Crippen molar-refractivity contribution in [1.82, 2.24) is 9.80 Å². The molecule has 1 aromatic rings. The summed E-state index contributed by atoms with van der Waals surface area (Å²) in [7, 11) is 0. The van der Waals surface area contributed by atoms with Gasteiger partial charge in [-0.3, -0.25) is 9.80 Å². The first-order chi connectivity index (χ1) is 10.0. The molecule has 0 aliphatic carbocycles. The zero-order chi connectivity index (χ0) is 15.4. The van der Waals surface area contributed by atoms with Crippen molar-refractivity contribution in [3.8, 4) is 0 Å². The van der Waals surface area contributed by atoms with Crippen LogP contribution in [0.5, 0.6) is 0 Å². The lowest BCUT2D eigenvalue weighted by atomic mass is 10.1. The van der Waals surface area contributed by atoms with Crippen LogP contribution in [-0.2, 0) is 6.54 Å². The molecule has 1 aromatic carbocycles. The van der Waals surface area contributed by atoms with Crippen LogP contribution in [0, 0.1) is 11.6 Å². The van der Waals surface area contributed by atoms with Crippen LogP contribution in [0.2, 0.25) is 0 Å². The Morgan fingerprint density at radius 2 is 1.90 bits per heavy atom. The number of hydrogen-bond acceptors (Lipinski definition) is 3. The molecule has 5 heteroatoms. The van der Waals surface area contributed by atoms with Gasteiger partial charge in [0, 0.05) is 50.4 Å². The molecular weight excluding hydrogens is 274 g/mol. The summed E-state index contributed by atoms with van der Waals surface area (Å²) < 4.78 is 27.5. The smallest absolute Gasteiger partial charge is 0.130 e. The molecule has 1 saturated heterocycles. The van der Waals surface area contributed by atoms with Crippen molar-refractivity contribution in [2.45, 2.75) is 38.9 Å². The lowest BCUT2D eigenvalue weighted by molar-refractivity contribution is 0.0340. The van der Waals surface area contributed by atoms with Gasteiger partial charge in [-0.25, -0.2) is 8.78 Å². The Hall–Kier alpha value is -1.04. The fourth-order valence-electron chi connectivity index (χ4n) is 3.07. The van der Waals surface area contributed by atoms with Crippen LogP contribution in [0.25, 0.3) is 0 Å². The van der Waals surface area contributed by atoms with Crippen molar-refractivity contribution in [3.05, 3.63) is 35.4 Å². The molecular formula is C16H24F2N2O. The molecule has 0 amide bonds. The van der Waals surface area contributed by atoms with Gasteiger partial charge in [0.1, 0.15) is 11.6 Å². The Bertz CT molecular complexity index is 447. The standard InChI is InChI=1S/C16H24F2N2O/c1-12(2)20-8-7-19(10-13(20)6-9-21)11-14-15(17)4-3-5-16(14)18/h3-5,12-13,21H,6-11H2,1-2H3/t13-/m1/s1. The molecule has 118 valence electrons. The van der Waals surface area contributed by atoms with Crippen LogP contribution in [0.3, 0.4) is 0 Å². The molecule has 0 radical (unpaired) electrons. The molecule has 3 nitrogen and oxygen atoms in total. The molecule has 1 atom stereocenters. The predicted molar refractivity (Wildman–Crippen MR) is 79.0 cm³/mol. The van der Waals surface area contributed by atoms with Crippen molar-refractivity contribution < 1.29 is 13.9 Å². The van der Waals surface area contributed by atoms with Gasteiger partial charge < -0.3 is 5.11 Å². The third kappa shape index (κ3) is 3.99. The van der Waals surface area contributed by atoms with E-state index < -0.39 is 11.6 Å². The average Bonchev–Trinajstić information content (AvgIpc) is 2.43. The highest BCUT2D eigenvalue weighted by atomic mass is 19.1. The first kappa shape index (κ1) is 16.3. The molecule has 0 saturated carbocycles. The summed E-state index contributed by atoms with van der Waals surface area (Å²) in [6.07, 6.45) is 0.689. The highest BCUT2D eigenvalue weighted by Crippen LogP contribution is 2.20. The molecule has 1 heterocycles. The van der Waals surface area contributed by atoms with E-state index in [1.165, 1.54) is 18.2 Å². The van der Waals surface area contributed by atoms with Crippen molar-refractivity contribution in [2.75, 3.05) is 26.2 Å². The summed E-state index contributed by atoms with van der Waals surface area (Å²) in [4.78, 5) is 4.42. The van der Waals surface area contributed by atoms with Crippen LogP contribution in [0.4, 0.5) is 8.78 Å². The molecule has 1 fully saturated rings. The van der Waals surface area contributed by atoms with Crippen LogP contribution in [-0.4, -0.2) is 53.2 Å². The van der Waals surface area contributed by atoms with Gasteiger partial charge in [-0.15, -0.1) is 0 Å². The number of benzene rings is 1. The van der Waals surface area contributed by atoms with Crippen LogP contribution in [0.1, 0.15) is 25.8 Å². The van der Waals surface area contributed by atoms with Gasteiger partial charge in [0.15, 0.2) is 0 Å². The third-order valence-electron chi connectivity index (χ3n) is 4.18. The molecule has 0 aromatic heterocycles. The second kappa shape index (κ2) is 7.29. The summed E-state index contributed by atoms with van der Waals surface area (Å²) in [5.41, 5.74) is 0.137. The normalized spacial score (nSPS) is 21.1. The minimum atomic E-state index is -0.486. The summed E-state index contributed by atoms with van der Waals surface area (Å²) in [6, 6.07) is 4.63. The number of aliphatic hydroxyl groups excluding tert-OH is 1. The molecule has 0 unspecified atom stereocenters. The van der Waals surface area contributed by atoms with Crippen LogP contribution < -0.4 is 0 Å². The second-order valence-corrected chi connectivity index (χ2v) is 5.93. The number of nitrogens with zero attached hydrogens (tertiary/aromatic N) is 2. The van der Waals surface area contributed by atoms with Gasteiger partial charge in [0.05, 0.1) is 0 Å². The Balaban J connectivity index is 2.05. The largest absolute Gasteiger partial charge is 0.396 e. The lowest BCUT2D eigenvalue weighted by Gasteiger charge is -2.43. The maximum atomic E-state index is 13.7. The topological polar surface area (TPSA) is 26.7 Å². The number of hydrogen-bond donors (Lipinski definition) is 1. The lowest BCUT2D eigenvalue weighted by Crippen LogP contribution is -2.55. The maximum absolute atomic E-state index is 13.7. The van der Waals surface area contributed by atoms with Gasteiger partial charge in [-0.05, 0) is 32.4 Å². The van der Waals surface area contributed by atoms with E-state index >= 15 is 0 Å². The van der Waals surface area contributed by atoms with E-state index in [1.807, 2.05) is 0 Å². The monoisotopic (exact) mass is 298 g/mol. The number of halogens is 2. The second-order valence-electron chi connectivity index (χ2n) is 5.93. The first-order valence-corrected chi connectivity index (χ1v) is 7.54. The molecule has 0 bridgehead atoms. The minimum absolute atomic E-state index is 0.135. The zero-order valence-electron chi connectivity index (χ0n) is 12.7. The van der Waals surface area contributed by atoms with Gasteiger partial charge >= 0.3 is 0 Å². The van der Waals surface area contributed by atoms with Crippen LogP contribution >= 0.6 is 0 Å². The van der Waals surface area contributed by atoms with Crippen LogP contribution in [0.15, 0.2) is 18.2 Å². The summed E-state index contributed by atoms with van der Waals surface area (Å²) in [5.74, 6) is -0.972. The van der Waals surface area contributed by atoms with E-state index in [4.69, 9.17) is 0 Å². The van der Waals surface area contributed by atoms with Crippen molar-refractivity contribution >= 4 is 0 Å². The van der Waals surface area contributed by atoms with E-state index in [2.05, 4.69) is 23.6 Å². The molecule has 1 aliphatic heterocycles. The van der Waals surface area contributed by atoms with Gasteiger partial charge in [0.2, 0.25) is 0 Å². The van der Waals surface area contributed by atoms with Crippen molar-refractivity contribution in [1.29, 1.82) is 0 Å². The molecule has 2 rings (SSSR count). The van der Waals surface area contributed by atoms with E-state index in [1.54, 1.807) is 0 Å². The quantitative estimate of drug-likeness (QED) is 0.903. The Kier molecular flexibility index (Phi) is 5.67. The highest BCUT2D eigenvalue weighted by molar-refractivity contribution is 5.19. The van der Waals surface area contributed by atoms with E-state index in [-0.39, 0.29) is 24.8 Å². The van der Waals surface area contributed by atoms with Crippen molar-refractivity contribution in [2.24, 2.45) is 0 Å². The molecule has 0 spiro atoms. The van der Waals surface area contributed by atoms with E-state index in [0.717, 1.165) is 19.6 Å². The number of rotatable bonds is 5. The van der Waals surface area contributed by atoms with E-state index in [0.29, 0.717) is 12.5 Å². The Labute approximate surface area is 125 Å². The first-order valence-electron chi connectivity index (χ1n) is 7.54. The summed E-state index contributed by atoms with van der Waals surface area (Å²) in [6.45, 7) is 7.06. The third-order valence-corrected chi connectivity index (χ3v) is 4.18. The summed E-state index contributed by atoms with van der Waals surface area (Å²) in [5, 5.41) is 9.22. The average molecular weight is 298 g/mol. The fraction of sp³-hybridized carbons (Fsp3) is 0.625. The van der Waals surface area contributed by atoms with Gasteiger partial charge in [-0.2, -0.15) is 0 Å². The summed E-state index contributed by atoms with van der Waals surface area (Å²) >= 11 is 0. The van der Waals surface area contributed by atoms with Crippen molar-refractivity contribution in [3.63, 3.8) is 0 Å². The molecule has 1 aliphatic rings. The minimum Gasteiger partial charge on any atom is -0.396 e. The Morgan fingerprint density at radius 3 is 2.48 bits per heavy atom. The van der Waals surface area contributed by atoms with E-state index in [9.17, 15) is 13.9 Å². The number of piperazine rings is 1. The molecule has 21 heavy (non-hydrogen) atoms. The predicted octanol–water partition coefficient (Wildman–Crippen LogP) is 2.24. The zero-order valence-corrected chi connectivity index (χ0v) is 12.7. The van der Waals surface area contributed by atoms with Gasteiger partial charge in [-0.1, -0.05) is 6.07 Å². The highest BCUT2D eigenvalue weighted by Gasteiger charge is 2.28. The Morgan fingerprint density at radius 1 is 1.24 bits per heavy atom. The fourth-order valence-corrected chi connectivity index (χ4v) is 3.07. The maximum Gasteiger partial charge on any atom is 0.130 e. The van der Waals surface area contributed by atoms with Gasteiger partial charge in [0.25, 0.3) is 0 Å².